The molecule has 0 aliphatic rings. The molecule has 0 unspecified atom stereocenters. The molecule has 0 aliphatic carbocycles. The van der Waals surface area contributed by atoms with Crippen LogP contribution in [0.25, 0.3) is 0 Å². The van der Waals surface area contributed by atoms with Gasteiger partial charge in [0.2, 0.25) is 0 Å². The summed E-state index contributed by atoms with van der Waals surface area (Å²) in [5.74, 6) is 0. The molecule has 0 bridgehead atoms. The van der Waals surface area contributed by atoms with Crippen molar-refractivity contribution >= 4 is 132 Å². The van der Waals surface area contributed by atoms with Gasteiger partial charge in [0.15, 0.2) is 0 Å². The van der Waals surface area contributed by atoms with E-state index < -0.39 is 29.3 Å². The molecule has 0 aromatic heterocycles. The molecular weight excluding hydrogens is 377 g/mol. The summed E-state index contributed by atoms with van der Waals surface area (Å²) in [6.45, 7) is 0. The molecule has 22 heteroatoms. The fourth-order valence-corrected chi connectivity index (χ4v) is 0. The van der Waals surface area contributed by atoms with Gasteiger partial charge in [-0.05, 0) is 0 Å². The van der Waals surface area contributed by atoms with E-state index in [-0.39, 0.29) is 125 Å². The van der Waals surface area contributed by atoms with Gasteiger partial charge in [-0.1, -0.05) is 0 Å². The van der Waals surface area contributed by atoms with Crippen molar-refractivity contribution in [2.75, 3.05) is 0 Å². The zero-order valence-corrected chi connectivity index (χ0v) is 9.68. The van der Waals surface area contributed by atoms with Crippen molar-refractivity contribution in [3.8, 4) is 0 Å². The van der Waals surface area contributed by atoms with Gasteiger partial charge in [0.25, 0.3) is 0 Å². The molecule has 22 heavy (non-hydrogen) atoms. The summed E-state index contributed by atoms with van der Waals surface area (Å²) in [6.07, 6.45) is 0. The van der Waals surface area contributed by atoms with Gasteiger partial charge >= 0.3 is 132 Å². The second-order valence-corrected chi connectivity index (χ2v) is 1.39. The van der Waals surface area contributed by atoms with E-state index in [0.717, 1.165) is 0 Å². The van der Waals surface area contributed by atoms with Crippen molar-refractivity contribution in [1.82, 2.24) is 0 Å². The predicted molar refractivity (Wildman–Crippen MR) is 78.4 cm³/mol. The molecular formula is H22B4K2O16. The third-order valence-electron chi connectivity index (χ3n) is 0. The van der Waals surface area contributed by atoms with E-state index in [2.05, 4.69) is 0 Å². The maximum atomic E-state index is 7.17. The minimum atomic E-state index is -2.17. The molecule has 0 aliphatic heterocycles. The van der Waals surface area contributed by atoms with Crippen LogP contribution in [0, 0.1) is 0 Å². The van der Waals surface area contributed by atoms with Crippen LogP contribution in [0.1, 0.15) is 0 Å². The van der Waals surface area contributed by atoms with Crippen molar-refractivity contribution in [3.05, 3.63) is 0 Å². The van der Waals surface area contributed by atoms with Crippen LogP contribution in [0.4, 0.5) is 0 Å². The molecule has 0 rings (SSSR count). The second kappa shape index (κ2) is 56.5. The molecule has 0 heterocycles. The average molecular weight is 400 g/mol. The Bertz CT molecular complexity index is 67.1. The van der Waals surface area contributed by atoms with Gasteiger partial charge < -0.3 is 82.2 Å². The van der Waals surface area contributed by atoms with Gasteiger partial charge in [-0.2, -0.15) is 0 Å². The van der Waals surface area contributed by atoms with Crippen LogP contribution in [0.5, 0.6) is 0 Å². The van der Waals surface area contributed by atoms with E-state index in [1.54, 1.807) is 0 Å². The minimum absolute atomic E-state index is 0. The molecule has 132 valence electrons. The third-order valence-corrected chi connectivity index (χ3v) is 0. The van der Waals surface area contributed by atoms with E-state index in [9.17, 15) is 0 Å². The van der Waals surface area contributed by atoms with E-state index in [0.29, 0.717) is 0 Å². The van der Waals surface area contributed by atoms with Crippen molar-refractivity contribution < 1.29 is 82.2 Å². The molecule has 0 saturated heterocycles. The Balaban J connectivity index is -0.00000001000. The Hall–Kier alpha value is 2.89. The summed E-state index contributed by atoms with van der Waals surface area (Å²) in [5, 5.41) is 86.0. The first kappa shape index (κ1) is 64.1. The predicted octanol–water partition coefficient (Wildman–Crippen LogP) is -12.8. The summed E-state index contributed by atoms with van der Waals surface area (Å²) in [7, 11) is -8.67. The third kappa shape index (κ3) is 1310. The Labute approximate surface area is 210 Å². The van der Waals surface area contributed by atoms with Crippen LogP contribution in [-0.2, 0) is 0 Å². The molecule has 0 spiro atoms. The van der Waals surface area contributed by atoms with Gasteiger partial charge in [-0.25, -0.2) is 0 Å². The van der Waals surface area contributed by atoms with E-state index in [1.807, 2.05) is 0 Å². The second-order valence-electron chi connectivity index (χ2n) is 1.39. The van der Waals surface area contributed by atoms with Crippen LogP contribution in [0.2, 0.25) is 0 Å². The number of rotatable bonds is 0. The van der Waals surface area contributed by atoms with Gasteiger partial charge in [0.1, 0.15) is 0 Å². The van der Waals surface area contributed by atoms with Crippen LogP contribution in [0.3, 0.4) is 0 Å². The maximum absolute atomic E-state index is 7.17. The van der Waals surface area contributed by atoms with E-state index >= 15 is 0 Å². The monoisotopic (exact) mass is 400 g/mol. The van der Waals surface area contributed by atoms with Crippen molar-refractivity contribution in [2.24, 2.45) is 0 Å². The first-order valence-electron chi connectivity index (χ1n) is 3.10. The normalized spacial score (nSPS) is 4.91. The molecule has 0 amide bonds. The van der Waals surface area contributed by atoms with E-state index in [1.165, 1.54) is 0 Å². The molecule has 0 atom stereocenters. The van der Waals surface area contributed by atoms with Gasteiger partial charge in [0.05, 0.1) is 0 Å². The zero-order chi connectivity index (χ0) is 14.3. The quantitative estimate of drug-likeness (QED) is 0.169. The average Bonchev–Trinajstić information content (AvgIpc) is 1.76. The molecule has 0 saturated carbocycles. The summed E-state index contributed by atoms with van der Waals surface area (Å²) in [6, 6.07) is 0. The molecule has 20 N–H and O–H groups in total. The van der Waals surface area contributed by atoms with Gasteiger partial charge in [0, 0.05) is 0 Å². The summed E-state index contributed by atoms with van der Waals surface area (Å²) >= 11 is 0. The zero-order valence-electron chi connectivity index (χ0n) is 9.68. The SMILES string of the molecule is O.O.O.O.OB(O)O.OB(O)O.OB(O)O.OB(O)O.[KH].[KH]. The van der Waals surface area contributed by atoms with Crippen LogP contribution >= 0.6 is 0 Å². The van der Waals surface area contributed by atoms with Crippen LogP contribution in [-0.4, -0.2) is 214 Å². The van der Waals surface area contributed by atoms with E-state index in [4.69, 9.17) is 60.3 Å². The summed E-state index contributed by atoms with van der Waals surface area (Å²) in [5.41, 5.74) is 0. The van der Waals surface area contributed by atoms with Crippen molar-refractivity contribution in [1.29, 1.82) is 0 Å². The Morgan fingerprint density at radius 3 is 0.273 bits per heavy atom. The summed E-state index contributed by atoms with van der Waals surface area (Å²) in [4.78, 5) is 0. The topological polar surface area (TPSA) is 369 Å². The standard InChI is InChI=1S/4BH3O3.2K.4H2O.2H/c4*2-1(3)4;;;;;;;;/h4*2-4H;;;4*1H2;;. The first-order valence-corrected chi connectivity index (χ1v) is 3.10. The number of hydrogen-bond acceptors (Lipinski definition) is 12. The molecule has 16 nitrogen and oxygen atoms in total. The Morgan fingerprint density at radius 1 is 0.273 bits per heavy atom. The van der Waals surface area contributed by atoms with Crippen LogP contribution in [0.15, 0.2) is 0 Å². The molecule has 0 aromatic carbocycles. The first-order chi connectivity index (χ1) is 6.93. The van der Waals surface area contributed by atoms with Crippen molar-refractivity contribution in [3.63, 3.8) is 0 Å². The fourth-order valence-electron chi connectivity index (χ4n) is 0. The number of hydrogen-bond donors (Lipinski definition) is 12. The van der Waals surface area contributed by atoms with Gasteiger partial charge in [-0.3, -0.25) is 0 Å². The molecule has 0 aromatic rings. The molecule has 0 radical (unpaired) electrons. The fraction of sp³-hybridized carbons (Fsp3) is 0. The van der Waals surface area contributed by atoms with Crippen molar-refractivity contribution in [2.45, 2.75) is 0 Å². The van der Waals surface area contributed by atoms with Crippen LogP contribution < -0.4 is 0 Å². The Morgan fingerprint density at radius 2 is 0.273 bits per heavy atom. The Kier molecular flexibility index (Phi) is 164. The summed E-state index contributed by atoms with van der Waals surface area (Å²) < 4.78 is 0. The molecule has 0 fully saturated rings. The van der Waals surface area contributed by atoms with Gasteiger partial charge in [-0.15, -0.1) is 0 Å².